The van der Waals surface area contributed by atoms with Crippen molar-refractivity contribution in [1.82, 2.24) is 9.88 Å². The van der Waals surface area contributed by atoms with Gasteiger partial charge in [0.15, 0.2) is 0 Å². The maximum atomic E-state index is 13.6. The number of aromatic nitrogens is 1. The molecule has 3 rings (SSSR count). The number of alkyl halides is 6. The third-order valence-electron chi connectivity index (χ3n) is 5.30. The second-order valence-electron chi connectivity index (χ2n) is 8.06. The van der Waals surface area contributed by atoms with Gasteiger partial charge in [-0.3, -0.25) is 4.79 Å². The van der Waals surface area contributed by atoms with Gasteiger partial charge in [0.25, 0.3) is 5.91 Å². The zero-order valence-electron chi connectivity index (χ0n) is 18.9. The molecule has 0 unspecified atom stereocenters. The lowest BCUT2D eigenvalue weighted by molar-refractivity contribution is -0.143. The minimum absolute atomic E-state index is 0.0254. The average molecular weight is 531 g/mol. The number of benzene rings is 2. The first-order valence-electron chi connectivity index (χ1n) is 10.7. The number of nitrogens with zero attached hydrogens (tertiary/aromatic N) is 2. The zero-order valence-corrected chi connectivity index (χ0v) is 19.7. The predicted molar refractivity (Wildman–Crippen MR) is 122 cm³/mol. The van der Waals surface area contributed by atoms with E-state index in [-0.39, 0.29) is 41.9 Å². The molecule has 0 aliphatic heterocycles. The first kappa shape index (κ1) is 27.5. The number of pyridine rings is 1. The van der Waals surface area contributed by atoms with E-state index in [0.717, 1.165) is 4.90 Å². The summed E-state index contributed by atoms with van der Waals surface area (Å²) in [4.78, 5) is 18.8. The summed E-state index contributed by atoms with van der Waals surface area (Å²) in [5, 5.41) is 9.13. The standard InChI is InChI=1S/C25H21ClF6N2O2/c1-15-10-20(17-6-3-2-4-7-17)21(22(26)33-15)23(36)34(8-5-9-35)14-16-11-18(24(27,28)29)13-19(12-16)25(30,31)32/h2-4,6-7,10-13,35H,5,8-9,14H2,1H3. The molecule has 4 nitrogen and oxygen atoms in total. The van der Waals surface area contributed by atoms with Crippen LogP contribution >= 0.6 is 11.6 Å². The Bertz CT molecular complexity index is 1200. The smallest absolute Gasteiger partial charge is 0.396 e. The fourth-order valence-electron chi connectivity index (χ4n) is 3.69. The molecular formula is C25H21ClF6N2O2. The number of carbonyl (C=O) groups is 1. The lowest BCUT2D eigenvalue weighted by Gasteiger charge is -2.25. The summed E-state index contributed by atoms with van der Waals surface area (Å²) in [7, 11) is 0. The van der Waals surface area contributed by atoms with E-state index in [2.05, 4.69) is 4.98 Å². The van der Waals surface area contributed by atoms with E-state index >= 15 is 0 Å². The molecule has 2 aromatic carbocycles. The van der Waals surface area contributed by atoms with Gasteiger partial charge in [-0.2, -0.15) is 26.3 Å². The molecule has 36 heavy (non-hydrogen) atoms. The molecule has 192 valence electrons. The molecule has 1 aromatic heterocycles. The van der Waals surface area contributed by atoms with Gasteiger partial charge in [0.05, 0.1) is 16.7 Å². The highest BCUT2D eigenvalue weighted by Gasteiger charge is 2.37. The van der Waals surface area contributed by atoms with Crippen molar-refractivity contribution in [3.05, 3.63) is 87.7 Å². The van der Waals surface area contributed by atoms with Crippen molar-refractivity contribution >= 4 is 17.5 Å². The van der Waals surface area contributed by atoms with Crippen molar-refractivity contribution in [3.8, 4) is 11.1 Å². The van der Waals surface area contributed by atoms with Crippen LogP contribution in [0, 0.1) is 6.92 Å². The van der Waals surface area contributed by atoms with Crippen molar-refractivity contribution in [2.24, 2.45) is 0 Å². The van der Waals surface area contributed by atoms with Crippen LogP contribution in [0.15, 0.2) is 54.6 Å². The Morgan fingerprint density at radius 2 is 1.56 bits per heavy atom. The highest BCUT2D eigenvalue weighted by molar-refractivity contribution is 6.33. The van der Waals surface area contributed by atoms with Gasteiger partial charge in [-0.1, -0.05) is 41.9 Å². The summed E-state index contributed by atoms with van der Waals surface area (Å²) in [5.41, 5.74) is -1.86. The van der Waals surface area contributed by atoms with Crippen LogP contribution in [0.1, 0.15) is 39.2 Å². The van der Waals surface area contributed by atoms with Gasteiger partial charge >= 0.3 is 12.4 Å². The number of rotatable bonds is 7. The second kappa shape index (κ2) is 10.9. The summed E-state index contributed by atoms with van der Waals surface area (Å²) in [6, 6.07) is 11.5. The van der Waals surface area contributed by atoms with Crippen LogP contribution < -0.4 is 0 Å². The Morgan fingerprint density at radius 3 is 2.08 bits per heavy atom. The molecule has 0 aliphatic rings. The van der Waals surface area contributed by atoms with Crippen molar-refractivity contribution in [3.63, 3.8) is 0 Å². The van der Waals surface area contributed by atoms with Crippen molar-refractivity contribution < 1.29 is 36.2 Å². The van der Waals surface area contributed by atoms with E-state index in [1.807, 2.05) is 0 Å². The van der Waals surface area contributed by atoms with E-state index < -0.39 is 35.9 Å². The SMILES string of the molecule is Cc1cc(-c2ccccc2)c(C(=O)N(CCCO)Cc2cc(C(F)(F)F)cc(C(F)(F)F)c2)c(Cl)n1. The van der Waals surface area contributed by atoms with E-state index in [4.69, 9.17) is 11.6 Å². The van der Waals surface area contributed by atoms with Crippen LogP contribution in [0.4, 0.5) is 26.3 Å². The molecule has 11 heteroatoms. The predicted octanol–water partition coefficient (Wildman–Crippen LogP) is 6.77. The van der Waals surface area contributed by atoms with Crippen LogP contribution in [0.2, 0.25) is 5.15 Å². The van der Waals surface area contributed by atoms with E-state index in [9.17, 15) is 36.2 Å². The van der Waals surface area contributed by atoms with Gasteiger partial charge in [0.1, 0.15) is 5.15 Å². The van der Waals surface area contributed by atoms with Crippen molar-refractivity contribution in [2.45, 2.75) is 32.2 Å². The molecular weight excluding hydrogens is 510 g/mol. The third kappa shape index (κ3) is 6.55. The van der Waals surface area contributed by atoms with Crippen LogP contribution in [0.5, 0.6) is 0 Å². The Labute approximate surface area is 208 Å². The summed E-state index contributed by atoms with van der Waals surface area (Å²) >= 11 is 6.33. The highest BCUT2D eigenvalue weighted by Crippen LogP contribution is 2.37. The minimum Gasteiger partial charge on any atom is -0.396 e. The van der Waals surface area contributed by atoms with Gasteiger partial charge in [-0.15, -0.1) is 0 Å². The topological polar surface area (TPSA) is 53.4 Å². The van der Waals surface area contributed by atoms with Crippen molar-refractivity contribution in [1.29, 1.82) is 0 Å². The van der Waals surface area contributed by atoms with Gasteiger partial charge in [-0.25, -0.2) is 4.98 Å². The first-order chi connectivity index (χ1) is 16.8. The third-order valence-corrected chi connectivity index (χ3v) is 5.57. The van der Waals surface area contributed by atoms with E-state index in [0.29, 0.717) is 29.0 Å². The molecule has 0 radical (unpaired) electrons. The fraction of sp³-hybridized carbons (Fsp3) is 0.280. The van der Waals surface area contributed by atoms with Crippen LogP contribution in [-0.4, -0.2) is 34.0 Å². The highest BCUT2D eigenvalue weighted by atomic mass is 35.5. The van der Waals surface area contributed by atoms with Crippen LogP contribution in [0.25, 0.3) is 11.1 Å². The summed E-state index contributed by atoms with van der Waals surface area (Å²) in [5.74, 6) is -0.745. The molecule has 0 fully saturated rings. The number of carbonyl (C=O) groups excluding carboxylic acids is 1. The fourth-order valence-corrected chi connectivity index (χ4v) is 4.00. The number of aliphatic hydroxyl groups is 1. The lowest BCUT2D eigenvalue weighted by Crippen LogP contribution is -2.33. The molecule has 0 bridgehead atoms. The van der Waals surface area contributed by atoms with Gasteiger partial charge in [0.2, 0.25) is 0 Å². The van der Waals surface area contributed by atoms with Crippen LogP contribution in [-0.2, 0) is 18.9 Å². The van der Waals surface area contributed by atoms with Crippen molar-refractivity contribution in [2.75, 3.05) is 13.2 Å². The maximum absolute atomic E-state index is 13.6. The molecule has 1 amide bonds. The Morgan fingerprint density at radius 1 is 0.972 bits per heavy atom. The molecule has 3 aromatic rings. The molecule has 1 N–H and O–H groups in total. The number of aryl methyl sites for hydroxylation is 1. The number of hydrogen-bond acceptors (Lipinski definition) is 3. The van der Waals surface area contributed by atoms with E-state index in [1.165, 1.54) is 0 Å². The average Bonchev–Trinajstić information content (AvgIpc) is 2.80. The Balaban J connectivity index is 2.10. The van der Waals surface area contributed by atoms with E-state index in [1.54, 1.807) is 43.3 Å². The van der Waals surface area contributed by atoms with Gasteiger partial charge < -0.3 is 10.0 Å². The quantitative estimate of drug-likeness (QED) is 0.271. The van der Waals surface area contributed by atoms with Crippen LogP contribution in [0.3, 0.4) is 0 Å². The summed E-state index contributed by atoms with van der Waals surface area (Å²) in [6.07, 6.45) is -10.0. The Hall–Kier alpha value is -3.11. The zero-order chi connectivity index (χ0) is 26.7. The molecule has 1 heterocycles. The number of halogens is 7. The minimum atomic E-state index is -5.03. The molecule has 0 saturated heterocycles. The molecule has 0 atom stereocenters. The Kier molecular flexibility index (Phi) is 8.30. The molecule has 0 spiro atoms. The summed E-state index contributed by atoms with van der Waals surface area (Å²) < 4.78 is 79.9. The number of aliphatic hydroxyl groups excluding tert-OH is 1. The number of hydrogen-bond donors (Lipinski definition) is 1. The van der Waals surface area contributed by atoms with Gasteiger partial charge in [-0.05, 0) is 54.3 Å². The normalized spacial score (nSPS) is 12.0. The maximum Gasteiger partial charge on any atom is 0.416 e. The van der Waals surface area contributed by atoms with Gasteiger partial charge in [0, 0.05) is 25.4 Å². The lowest BCUT2D eigenvalue weighted by atomic mass is 9.99. The summed E-state index contributed by atoms with van der Waals surface area (Å²) in [6.45, 7) is 0.582. The number of amides is 1. The largest absolute Gasteiger partial charge is 0.416 e. The molecule has 0 aliphatic carbocycles. The molecule has 0 saturated carbocycles. The first-order valence-corrected chi connectivity index (χ1v) is 11.1. The monoisotopic (exact) mass is 530 g/mol. The second-order valence-corrected chi connectivity index (χ2v) is 8.42.